The molecule has 0 rings (SSSR count). The maximum Gasteiger partial charge on any atom is 0.217 e. The maximum absolute atomic E-state index is 9.99. The highest BCUT2D eigenvalue weighted by Gasteiger charge is 2.04. The molecule has 11 heavy (non-hydrogen) atoms. The SMILES string of the molecule is CCC(CC)COS(=O)(=O)[O-]. The average Bonchev–Trinajstić information content (AvgIpc) is 1.88. The molecule has 68 valence electrons. The lowest BCUT2D eigenvalue weighted by molar-refractivity contribution is 0.212. The smallest absolute Gasteiger partial charge is 0.217 e. The molecule has 0 heterocycles. The summed E-state index contributed by atoms with van der Waals surface area (Å²) in [5.41, 5.74) is 0. The Morgan fingerprint density at radius 3 is 2.09 bits per heavy atom. The van der Waals surface area contributed by atoms with E-state index in [0.717, 1.165) is 12.8 Å². The Balaban J connectivity index is 3.69. The summed E-state index contributed by atoms with van der Waals surface area (Å²) in [6, 6.07) is 0. The van der Waals surface area contributed by atoms with E-state index < -0.39 is 10.4 Å². The standard InChI is InChI=1S/C6H14O4S/c1-3-6(4-2)5-10-11(7,8)9/h6H,3-5H2,1-2H3,(H,7,8,9)/p-1. The molecule has 0 atom stereocenters. The second-order valence-corrected chi connectivity index (χ2v) is 3.43. The monoisotopic (exact) mass is 181 g/mol. The first-order valence-corrected chi connectivity index (χ1v) is 4.93. The lowest BCUT2D eigenvalue weighted by Crippen LogP contribution is -2.12. The van der Waals surface area contributed by atoms with Crippen LogP contribution >= 0.6 is 0 Å². The van der Waals surface area contributed by atoms with Crippen molar-refractivity contribution in [1.82, 2.24) is 0 Å². The van der Waals surface area contributed by atoms with Crippen molar-refractivity contribution in [2.24, 2.45) is 5.92 Å². The van der Waals surface area contributed by atoms with Crippen LogP contribution in [0.4, 0.5) is 0 Å². The quantitative estimate of drug-likeness (QED) is 0.467. The van der Waals surface area contributed by atoms with Crippen LogP contribution in [0.1, 0.15) is 26.7 Å². The van der Waals surface area contributed by atoms with Gasteiger partial charge in [0, 0.05) is 0 Å². The molecule has 0 aromatic carbocycles. The highest BCUT2D eigenvalue weighted by atomic mass is 32.3. The van der Waals surface area contributed by atoms with Gasteiger partial charge in [0.1, 0.15) is 0 Å². The van der Waals surface area contributed by atoms with Gasteiger partial charge in [-0.05, 0) is 5.92 Å². The third kappa shape index (κ3) is 6.28. The van der Waals surface area contributed by atoms with Crippen molar-refractivity contribution in [2.75, 3.05) is 6.61 Å². The molecule has 0 aliphatic heterocycles. The maximum atomic E-state index is 9.99. The fourth-order valence-corrected chi connectivity index (χ4v) is 1.06. The first-order chi connectivity index (χ1) is 4.99. The summed E-state index contributed by atoms with van der Waals surface area (Å²) in [6.45, 7) is 3.86. The Morgan fingerprint density at radius 2 is 1.82 bits per heavy atom. The van der Waals surface area contributed by atoms with Gasteiger partial charge in [0.2, 0.25) is 10.4 Å². The molecular formula is C6H13O4S-. The van der Waals surface area contributed by atoms with Gasteiger partial charge in [-0.25, -0.2) is 8.42 Å². The minimum absolute atomic E-state index is 0.0127. The lowest BCUT2D eigenvalue weighted by atomic mass is 10.1. The molecule has 0 aromatic rings. The van der Waals surface area contributed by atoms with Crippen LogP contribution in [0.3, 0.4) is 0 Å². The van der Waals surface area contributed by atoms with E-state index in [1.165, 1.54) is 0 Å². The second kappa shape index (κ2) is 4.69. The molecule has 0 bridgehead atoms. The first kappa shape index (κ1) is 10.9. The van der Waals surface area contributed by atoms with Crippen molar-refractivity contribution in [3.8, 4) is 0 Å². The van der Waals surface area contributed by atoms with Crippen LogP contribution in [-0.4, -0.2) is 19.6 Å². The van der Waals surface area contributed by atoms with Crippen LogP contribution < -0.4 is 0 Å². The molecular weight excluding hydrogens is 168 g/mol. The third-order valence-electron chi connectivity index (χ3n) is 1.60. The topological polar surface area (TPSA) is 66.4 Å². The zero-order valence-electron chi connectivity index (χ0n) is 6.74. The van der Waals surface area contributed by atoms with Crippen molar-refractivity contribution in [3.05, 3.63) is 0 Å². The molecule has 0 radical (unpaired) electrons. The van der Waals surface area contributed by atoms with Gasteiger partial charge in [-0.15, -0.1) is 0 Å². The highest BCUT2D eigenvalue weighted by Crippen LogP contribution is 2.08. The van der Waals surface area contributed by atoms with Crippen LogP contribution in [0, 0.1) is 5.92 Å². The zero-order chi connectivity index (χ0) is 8.91. The molecule has 0 aliphatic rings. The number of rotatable bonds is 5. The molecule has 0 fully saturated rings. The summed E-state index contributed by atoms with van der Waals surface area (Å²) >= 11 is 0. The molecule has 0 saturated carbocycles. The molecule has 5 heteroatoms. The summed E-state index contributed by atoms with van der Waals surface area (Å²) in [7, 11) is -4.49. The van der Waals surface area contributed by atoms with Crippen molar-refractivity contribution < 1.29 is 17.2 Å². The molecule has 0 amide bonds. The van der Waals surface area contributed by atoms with Gasteiger partial charge in [-0.3, -0.25) is 4.18 Å². The van der Waals surface area contributed by atoms with Crippen LogP contribution in [0.15, 0.2) is 0 Å². The summed E-state index contributed by atoms with van der Waals surface area (Å²) in [6.07, 6.45) is 1.65. The first-order valence-electron chi connectivity index (χ1n) is 3.59. The largest absolute Gasteiger partial charge is 0.726 e. The summed E-state index contributed by atoms with van der Waals surface area (Å²) in [4.78, 5) is 0. The van der Waals surface area contributed by atoms with Gasteiger partial charge in [0.05, 0.1) is 6.61 Å². The molecule has 0 spiro atoms. The molecule has 0 saturated heterocycles. The Morgan fingerprint density at radius 1 is 1.36 bits per heavy atom. The van der Waals surface area contributed by atoms with Gasteiger partial charge < -0.3 is 4.55 Å². The van der Waals surface area contributed by atoms with Crippen molar-refractivity contribution in [2.45, 2.75) is 26.7 Å². The van der Waals surface area contributed by atoms with Crippen LogP contribution in [0.2, 0.25) is 0 Å². The van der Waals surface area contributed by atoms with E-state index in [1.54, 1.807) is 0 Å². The van der Waals surface area contributed by atoms with E-state index in [0.29, 0.717) is 0 Å². The number of hydrogen-bond acceptors (Lipinski definition) is 4. The van der Waals surface area contributed by atoms with E-state index in [-0.39, 0.29) is 12.5 Å². The summed E-state index contributed by atoms with van der Waals surface area (Å²) < 4.78 is 34.1. The summed E-state index contributed by atoms with van der Waals surface area (Å²) in [5.74, 6) is 0.165. The Hall–Kier alpha value is -0.130. The van der Waals surface area contributed by atoms with E-state index in [9.17, 15) is 13.0 Å². The van der Waals surface area contributed by atoms with Gasteiger partial charge in [-0.2, -0.15) is 0 Å². The van der Waals surface area contributed by atoms with Crippen molar-refractivity contribution in [3.63, 3.8) is 0 Å². The van der Waals surface area contributed by atoms with Gasteiger partial charge in [0.25, 0.3) is 0 Å². The minimum atomic E-state index is -4.49. The lowest BCUT2D eigenvalue weighted by Gasteiger charge is -2.13. The minimum Gasteiger partial charge on any atom is -0.726 e. The normalized spacial score (nSPS) is 12.4. The Bertz CT molecular complexity index is 181. The van der Waals surface area contributed by atoms with Crippen LogP contribution in [0.25, 0.3) is 0 Å². The highest BCUT2D eigenvalue weighted by molar-refractivity contribution is 7.80. The van der Waals surface area contributed by atoms with Crippen molar-refractivity contribution in [1.29, 1.82) is 0 Å². The van der Waals surface area contributed by atoms with E-state index >= 15 is 0 Å². The fourth-order valence-electron chi connectivity index (χ4n) is 0.704. The van der Waals surface area contributed by atoms with E-state index in [4.69, 9.17) is 0 Å². The van der Waals surface area contributed by atoms with E-state index in [1.807, 2.05) is 13.8 Å². The van der Waals surface area contributed by atoms with Crippen LogP contribution in [-0.2, 0) is 14.6 Å². The molecule has 0 N–H and O–H groups in total. The summed E-state index contributed by atoms with van der Waals surface area (Å²) in [5, 5.41) is 0. The third-order valence-corrected chi connectivity index (χ3v) is 2.03. The molecule has 4 nitrogen and oxygen atoms in total. The van der Waals surface area contributed by atoms with Crippen LogP contribution in [0.5, 0.6) is 0 Å². The van der Waals surface area contributed by atoms with Crippen molar-refractivity contribution >= 4 is 10.4 Å². The predicted molar refractivity (Wildman–Crippen MR) is 39.7 cm³/mol. The Labute approximate surface area is 67.5 Å². The Kier molecular flexibility index (Phi) is 4.63. The van der Waals surface area contributed by atoms with E-state index in [2.05, 4.69) is 4.18 Å². The van der Waals surface area contributed by atoms with Gasteiger partial charge >= 0.3 is 0 Å². The average molecular weight is 181 g/mol. The molecule has 0 aliphatic carbocycles. The number of hydrogen-bond donors (Lipinski definition) is 0. The zero-order valence-corrected chi connectivity index (χ0v) is 7.56. The van der Waals surface area contributed by atoms with Gasteiger partial charge in [-0.1, -0.05) is 26.7 Å². The molecule has 0 aromatic heterocycles. The van der Waals surface area contributed by atoms with Gasteiger partial charge in [0.15, 0.2) is 0 Å². The second-order valence-electron chi connectivity index (χ2n) is 2.38. The molecule has 0 unspecified atom stereocenters. The predicted octanol–water partition coefficient (Wildman–Crippen LogP) is 0.899. The fraction of sp³-hybridized carbons (Fsp3) is 1.00.